The zero-order valence-electron chi connectivity index (χ0n) is 11.3. The maximum Gasteiger partial charge on any atom is 0.261 e. The largest absolute Gasteiger partial charge is 0.398 e. The van der Waals surface area contributed by atoms with E-state index in [2.05, 4.69) is 4.72 Å². The standard InChI is InChI=1S/C15H14N2O2S2/c1-10-2-4-13(9-14(10)16)21(18,19)17-12-3-5-15-11(8-12)6-7-20-15/h2-9,17H,16H2,1H3. The second-order valence-electron chi connectivity index (χ2n) is 4.80. The zero-order valence-corrected chi connectivity index (χ0v) is 13.0. The molecule has 21 heavy (non-hydrogen) atoms. The molecule has 4 nitrogen and oxygen atoms in total. The molecule has 1 aromatic heterocycles. The van der Waals surface area contributed by atoms with E-state index in [-0.39, 0.29) is 4.90 Å². The van der Waals surface area contributed by atoms with Gasteiger partial charge in [-0.25, -0.2) is 8.42 Å². The van der Waals surface area contributed by atoms with Crippen molar-refractivity contribution in [1.29, 1.82) is 0 Å². The Labute approximate surface area is 127 Å². The van der Waals surface area contributed by atoms with E-state index in [4.69, 9.17) is 5.73 Å². The highest BCUT2D eigenvalue weighted by molar-refractivity contribution is 7.92. The molecule has 3 aromatic rings. The van der Waals surface area contributed by atoms with Crippen molar-refractivity contribution in [3.63, 3.8) is 0 Å². The fourth-order valence-corrected chi connectivity index (χ4v) is 3.89. The number of rotatable bonds is 3. The molecule has 3 rings (SSSR count). The van der Waals surface area contributed by atoms with Crippen molar-refractivity contribution in [2.45, 2.75) is 11.8 Å². The van der Waals surface area contributed by atoms with Gasteiger partial charge in [-0.05, 0) is 59.7 Å². The predicted molar refractivity (Wildman–Crippen MR) is 88.2 cm³/mol. The summed E-state index contributed by atoms with van der Waals surface area (Å²) in [6.07, 6.45) is 0. The van der Waals surface area contributed by atoms with Crippen molar-refractivity contribution < 1.29 is 8.42 Å². The van der Waals surface area contributed by atoms with Crippen molar-refractivity contribution >= 4 is 42.8 Å². The van der Waals surface area contributed by atoms with Crippen LogP contribution in [0, 0.1) is 6.92 Å². The van der Waals surface area contributed by atoms with Gasteiger partial charge in [-0.3, -0.25) is 4.72 Å². The Morgan fingerprint density at radius 2 is 1.90 bits per heavy atom. The fraction of sp³-hybridized carbons (Fsp3) is 0.0667. The van der Waals surface area contributed by atoms with Gasteiger partial charge in [-0.15, -0.1) is 11.3 Å². The second kappa shape index (κ2) is 5.05. The molecule has 0 aliphatic heterocycles. The van der Waals surface area contributed by atoms with Gasteiger partial charge in [-0.1, -0.05) is 6.07 Å². The average Bonchev–Trinajstić information content (AvgIpc) is 2.88. The van der Waals surface area contributed by atoms with Gasteiger partial charge in [0.2, 0.25) is 0 Å². The highest BCUT2D eigenvalue weighted by atomic mass is 32.2. The molecule has 0 fully saturated rings. The third-order valence-electron chi connectivity index (χ3n) is 3.27. The van der Waals surface area contributed by atoms with Crippen molar-refractivity contribution in [2.24, 2.45) is 0 Å². The number of thiophene rings is 1. The van der Waals surface area contributed by atoms with Crippen LogP contribution >= 0.6 is 11.3 Å². The van der Waals surface area contributed by atoms with Gasteiger partial charge >= 0.3 is 0 Å². The van der Waals surface area contributed by atoms with Gasteiger partial charge in [0.05, 0.1) is 4.90 Å². The number of fused-ring (bicyclic) bond motifs is 1. The molecule has 0 saturated carbocycles. The van der Waals surface area contributed by atoms with Crippen LogP contribution < -0.4 is 10.5 Å². The number of aryl methyl sites for hydroxylation is 1. The molecule has 1 heterocycles. The number of nitrogen functional groups attached to an aromatic ring is 1. The SMILES string of the molecule is Cc1ccc(S(=O)(=O)Nc2ccc3sccc3c2)cc1N. The van der Waals surface area contributed by atoms with E-state index in [1.807, 2.05) is 30.5 Å². The van der Waals surface area contributed by atoms with Crippen LogP contribution in [0.25, 0.3) is 10.1 Å². The predicted octanol–water partition coefficient (Wildman–Crippen LogP) is 3.59. The summed E-state index contributed by atoms with van der Waals surface area (Å²) in [6.45, 7) is 1.84. The van der Waals surface area contributed by atoms with Crippen LogP contribution in [0.15, 0.2) is 52.7 Å². The lowest BCUT2D eigenvalue weighted by atomic mass is 10.2. The summed E-state index contributed by atoms with van der Waals surface area (Å²) in [5, 5.41) is 2.99. The number of anilines is 2. The first-order valence-electron chi connectivity index (χ1n) is 6.32. The molecule has 0 bridgehead atoms. The van der Waals surface area contributed by atoms with E-state index in [1.165, 1.54) is 6.07 Å². The smallest absolute Gasteiger partial charge is 0.261 e. The summed E-state index contributed by atoms with van der Waals surface area (Å²) in [5.74, 6) is 0. The molecule has 0 amide bonds. The van der Waals surface area contributed by atoms with Crippen LogP contribution in [0.1, 0.15) is 5.56 Å². The number of nitrogens with two attached hydrogens (primary N) is 1. The minimum absolute atomic E-state index is 0.163. The highest BCUT2D eigenvalue weighted by Gasteiger charge is 2.15. The highest BCUT2D eigenvalue weighted by Crippen LogP contribution is 2.26. The van der Waals surface area contributed by atoms with Crippen LogP contribution in [0.3, 0.4) is 0 Å². The maximum absolute atomic E-state index is 12.4. The summed E-state index contributed by atoms with van der Waals surface area (Å²) in [4.78, 5) is 0.163. The van der Waals surface area contributed by atoms with E-state index < -0.39 is 10.0 Å². The molecule has 0 radical (unpaired) electrons. The summed E-state index contributed by atoms with van der Waals surface area (Å²) in [6, 6.07) is 12.2. The van der Waals surface area contributed by atoms with Crippen molar-refractivity contribution in [3.8, 4) is 0 Å². The quantitative estimate of drug-likeness (QED) is 0.725. The molecule has 0 aliphatic carbocycles. The van der Waals surface area contributed by atoms with E-state index >= 15 is 0 Å². The number of benzene rings is 2. The van der Waals surface area contributed by atoms with E-state index in [9.17, 15) is 8.42 Å². The zero-order chi connectivity index (χ0) is 15.0. The lowest BCUT2D eigenvalue weighted by molar-refractivity contribution is 0.601. The Bertz CT molecular complexity index is 914. The minimum atomic E-state index is -3.63. The number of hydrogen-bond donors (Lipinski definition) is 2. The first kappa shape index (κ1) is 13.9. The van der Waals surface area contributed by atoms with E-state index in [0.29, 0.717) is 11.4 Å². The third-order valence-corrected chi connectivity index (χ3v) is 5.54. The number of sulfonamides is 1. The van der Waals surface area contributed by atoms with Crippen LogP contribution in [0.4, 0.5) is 11.4 Å². The van der Waals surface area contributed by atoms with Gasteiger partial charge in [0, 0.05) is 16.1 Å². The Balaban J connectivity index is 1.96. The molecule has 0 unspecified atom stereocenters. The first-order valence-corrected chi connectivity index (χ1v) is 8.68. The maximum atomic E-state index is 12.4. The molecule has 6 heteroatoms. The van der Waals surface area contributed by atoms with E-state index in [1.54, 1.807) is 29.5 Å². The normalized spacial score (nSPS) is 11.7. The molecule has 3 N–H and O–H groups in total. The summed E-state index contributed by atoms with van der Waals surface area (Å²) < 4.78 is 28.5. The van der Waals surface area contributed by atoms with Gasteiger partial charge in [-0.2, -0.15) is 0 Å². The monoisotopic (exact) mass is 318 g/mol. The minimum Gasteiger partial charge on any atom is -0.398 e. The van der Waals surface area contributed by atoms with Crippen molar-refractivity contribution in [3.05, 3.63) is 53.4 Å². The lowest BCUT2D eigenvalue weighted by Crippen LogP contribution is -2.13. The molecule has 108 valence electrons. The van der Waals surface area contributed by atoms with Crippen LogP contribution in [-0.2, 0) is 10.0 Å². The molecule has 0 saturated heterocycles. The Kier molecular flexibility index (Phi) is 3.35. The molecular weight excluding hydrogens is 304 g/mol. The van der Waals surface area contributed by atoms with Crippen molar-refractivity contribution in [2.75, 3.05) is 10.5 Å². The van der Waals surface area contributed by atoms with Crippen LogP contribution in [0.5, 0.6) is 0 Å². The van der Waals surface area contributed by atoms with Crippen LogP contribution in [0.2, 0.25) is 0 Å². The van der Waals surface area contributed by atoms with Gasteiger partial charge in [0.1, 0.15) is 0 Å². The summed E-state index contributed by atoms with van der Waals surface area (Å²) in [5.41, 5.74) is 7.64. The van der Waals surface area contributed by atoms with Crippen LogP contribution in [-0.4, -0.2) is 8.42 Å². The van der Waals surface area contributed by atoms with E-state index in [0.717, 1.165) is 15.6 Å². The molecule has 0 atom stereocenters. The second-order valence-corrected chi connectivity index (χ2v) is 7.43. The molecule has 0 aliphatic rings. The molecular formula is C15H14N2O2S2. The summed E-state index contributed by atoms with van der Waals surface area (Å²) in [7, 11) is -3.63. The molecule has 0 spiro atoms. The fourth-order valence-electron chi connectivity index (χ4n) is 2.03. The average molecular weight is 318 g/mol. The van der Waals surface area contributed by atoms with Gasteiger partial charge in [0.25, 0.3) is 10.0 Å². The number of nitrogens with one attached hydrogen (secondary N) is 1. The van der Waals surface area contributed by atoms with Gasteiger partial charge in [0.15, 0.2) is 0 Å². The Morgan fingerprint density at radius 3 is 2.67 bits per heavy atom. The Morgan fingerprint density at radius 1 is 1.10 bits per heavy atom. The Hall–Kier alpha value is -2.05. The van der Waals surface area contributed by atoms with Gasteiger partial charge < -0.3 is 5.73 Å². The third kappa shape index (κ3) is 2.72. The first-order chi connectivity index (χ1) is 9.95. The topological polar surface area (TPSA) is 72.2 Å². The van der Waals surface area contributed by atoms with Crippen molar-refractivity contribution in [1.82, 2.24) is 0 Å². The lowest BCUT2D eigenvalue weighted by Gasteiger charge is -2.09. The summed E-state index contributed by atoms with van der Waals surface area (Å²) >= 11 is 1.62. The number of hydrogen-bond acceptors (Lipinski definition) is 4. The molecule has 2 aromatic carbocycles.